The van der Waals surface area contributed by atoms with Crippen molar-refractivity contribution in [2.24, 2.45) is 5.92 Å². The molecule has 6 heteroatoms. The summed E-state index contributed by atoms with van der Waals surface area (Å²) in [5.41, 5.74) is 0.957. The molecular weight excluding hydrogens is 362 g/mol. The van der Waals surface area contributed by atoms with Gasteiger partial charge in [0.05, 0.1) is 6.42 Å². The van der Waals surface area contributed by atoms with Crippen LogP contribution in [0.3, 0.4) is 0 Å². The second-order valence-electron chi connectivity index (χ2n) is 7.23. The Kier molecular flexibility index (Phi) is 7.67. The molecule has 0 aliphatic heterocycles. The smallest absolute Gasteiger partial charge is 0.242 e. The van der Waals surface area contributed by atoms with E-state index in [-0.39, 0.29) is 36.5 Å². The van der Waals surface area contributed by atoms with Crippen molar-refractivity contribution in [3.63, 3.8) is 0 Å². The van der Waals surface area contributed by atoms with Crippen LogP contribution in [0.25, 0.3) is 0 Å². The Balaban J connectivity index is 2.21. The number of carbonyl (C=O) groups excluding carboxylic acids is 2. The third kappa shape index (κ3) is 6.15. The quantitative estimate of drug-likeness (QED) is 0.750. The van der Waals surface area contributed by atoms with Crippen LogP contribution in [-0.4, -0.2) is 29.3 Å². The van der Waals surface area contributed by atoms with E-state index in [2.05, 4.69) is 5.32 Å². The molecule has 0 bridgehead atoms. The zero-order valence-electron chi connectivity index (χ0n) is 16.4. The van der Waals surface area contributed by atoms with Gasteiger partial charge in [0, 0.05) is 18.7 Å². The van der Waals surface area contributed by atoms with Crippen molar-refractivity contribution in [3.05, 3.63) is 71.3 Å². The molecule has 0 spiro atoms. The van der Waals surface area contributed by atoms with Gasteiger partial charge < -0.3 is 10.2 Å². The Hall–Kier alpha value is -2.76. The number of nitrogens with zero attached hydrogens (tertiary/aromatic N) is 1. The standard InChI is InChI=1S/C22H26F2N2O2/c1-15(2)13-25-22(28)16(3)26(14-18-6-4-5-7-20(18)24)21(27)12-17-8-10-19(23)11-9-17/h4-11,15-16H,12-14H2,1-3H3,(H,25,28)/t16-/m1/s1. The molecule has 0 aliphatic rings. The van der Waals surface area contributed by atoms with Crippen LogP contribution in [0.2, 0.25) is 0 Å². The minimum atomic E-state index is -0.772. The highest BCUT2D eigenvalue weighted by Gasteiger charge is 2.27. The maximum atomic E-state index is 14.1. The summed E-state index contributed by atoms with van der Waals surface area (Å²) in [5.74, 6) is -1.18. The Morgan fingerprint density at radius 2 is 1.64 bits per heavy atom. The van der Waals surface area contributed by atoms with Crippen LogP contribution >= 0.6 is 0 Å². The summed E-state index contributed by atoms with van der Waals surface area (Å²) in [5, 5.41) is 2.81. The van der Waals surface area contributed by atoms with Gasteiger partial charge in [-0.05, 0) is 36.6 Å². The van der Waals surface area contributed by atoms with Crippen molar-refractivity contribution in [1.29, 1.82) is 0 Å². The molecule has 1 atom stereocenters. The largest absolute Gasteiger partial charge is 0.354 e. The Bertz CT molecular complexity index is 806. The fraction of sp³-hybridized carbons (Fsp3) is 0.364. The number of halogens is 2. The third-order valence-electron chi connectivity index (χ3n) is 4.42. The zero-order chi connectivity index (χ0) is 20.7. The molecule has 1 N–H and O–H groups in total. The summed E-state index contributed by atoms with van der Waals surface area (Å²) in [6, 6.07) is 11.0. The van der Waals surface area contributed by atoms with Gasteiger partial charge in [-0.1, -0.05) is 44.2 Å². The first-order valence-electron chi connectivity index (χ1n) is 9.33. The van der Waals surface area contributed by atoms with Crippen LogP contribution in [0.15, 0.2) is 48.5 Å². The van der Waals surface area contributed by atoms with Gasteiger partial charge in [0.2, 0.25) is 11.8 Å². The molecule has 2 rings (SSSR count). The number of rotatable bonds is 8. The van der Waals surface area contributed by atoms with Crippen molar-refractivity contribution in [1.82, 2.24) is 10.2 Å². The van der Waals surface area contributed by atoms with Crippen molar-refractivity contribution in [2.75, 3.05) is 6.54 Å². The first-order chi connectivity index (χ1) is 13.3. The van der Waals surface area contributed by atoms with E-state index in [9.17, 15) is 18.4 Å². The average Bonchev–Trinajstić information content (AvgIpc) is 2.66. The second kappa shape index (κ2) is 9.97. The molecule has 2 amide bonds. The van der Waals surface area contributed by atoms with E-state index < -0.39 is 11.9 Å². The normalized spacial score (nSPS) is 11.9. The lowest BCUT2D eigenvalue weighted by molar-refractivity contribution is -0.140. The molecule has 0 aliphatic carbocycles. The van der Waals surface area contributed by atoms with Crippen LogP contribution in [0.4, 0.5) is 8.78 Å². The predicted molar refractivity (Wildman–Crippen MR) is 104 cm³/mol. The van der Waals surface area contributed by atoms with Gasteiger partial charge in [0.15, 0.2) is 0 Å². The summed E-state index contributed by atoms with van der Waals surface area (Å²) in [7, 11) is 0. The van der Waals surface area contributed by atoms with Gasteiger partial charge >= 0.3 is 0 Å². The molecule has 4 nitrogen and oxygen atoms in total. The van der Waals surface area contributed by atoms with E-state index >= 15 is 0 Å². The first-order valence-corrected chi connectivity index (χ1v) is 9.33. The summed E-state index contributed by atoms with van der Waals surface area (Å²) >= 11 is 0. The maximum absolute atomic E-state index is 14.1. The lowest BCUT2D eigenvalue weighted by atomic mass is 10.1. The highest BCUT2D eigenvalue weighted by molar-refractivity contribution is 5.88. The predicted octanol–water partition coefficient (Wildman–Crippen LogP) is 3.70. The fourth-order valence-corrected chi connectivity index (χ4v) is 2.72. The molecule has 2 aromatic rings. The highest BCUT2D eigenvalue weighted by Crippen LogP contribution is 2.15. The number of hydrogen-bond donors (Lipinski definition) is 1. The minimum absolute atomic E-state index is 0.00344. The highest BCUT2D eigenvalue weighted by atomic mass is 19.1. The summed E-state index contributed by atoms with van der Waals surface area (Å²) in [4.78, 5) is 26.8. The summed E-state index contributed by atoms with van der Waals surface area (Å²) in [6.45, 7) is 6.04. The number of amides is 2. The zero-order valence-corrected chi connectivity index (χ0v) is 16.4. The van der Waals surface area contributed by atoms with Crippen LogP contribution in [-0.2, 0) is 22.6 Å². The number of nitrogens with one attached hydrogen (secondary N) is 1. The van der Waals surface area contributed by atoms with E-state index in [0.717, 1.165) is 0 Å². The van der Waals surface area contributed by atoms with Crippen molar-refractivity contribution >= 4 is 11.8 Å². The minimum Gasteiger partial charge on any atom is -0.354 e. The van der Waals surface area contributed by atoms with Crippen LogP contribution in [0.1, 0.15) is 31.9 Å². The number of carbonyl (C=O) groups is 2. The maximum Gasteiger partial charge on any atom is 0.242 e. The van der Waals surface area contributed by atoms with E-state index in [1.165, 1.54) is 35.2 Å². The van der Waals surface area contributed by atoms with Gasteiger partial charge in [0.25, 0.3) is 0 Å². The SMILES string of the molecule is CC(C)CNC(=O)[C@@H](C)N(Cc1ccccc1F)C(=O)Cc1ccc(F)cc1. The molecule has 0 saturated heterocycles. The molecule has 0 saturated carbocycles. The third-order valence-corrected chi connectivity index (χ3v) is 4.42. The molecule has 2 aromatic carbocycles. The van der Waals surface area contributed by atoms with E-state index in [1.807, 2.05) is 13.8 Å². The lowest BCUT2D eigenvalue weighted by Crippen LogP contribution is -2.48. The van der Waals surface area contributed by atoms with E-state index in [1.54, 1.807) is 25.1 Å². The van der Waals surface area contributed by atoms with Crippen LogP contribution in [0.5, 0.6) is 0 Å². The van der Waals surface area contributed by atoms with Gasteiger partial charge in [-0.3, -0.25) is 9.59 Å². The molecule has 150 valence electrons. The van der Waals surface area contributed by atoms with E-state index in [0.29, 0.717) is 17.7 Å². The topological polar surface area (TPSA) is 49.4 Å². The fourth-order valence-electron chi connectivity index (χ4n) is 2.72. The van der Waals surface area contributed by atoms with Crippen molar-refractivity contribution in [3.8, 4) is 0 Å². The average molecular weight is 388 g/mol. The number of benzene rings is 2. The molecule has 0 aromatic heterocycles. The van der Waals surface area contributed by atoms with Crippen molar-refractivity contribution in [2.45, 2.75) is 39.8 Å². The van der Waals surface area contributed by atoms with Gasteiger partial charge in [-0.2, -0.15) is 0 Å². The molecule has 0 radical (unpaired) electrons. The molecule has 0 unspecified atom stereocenters. The van der Waals surface area contributed by atoms with Gasteiger partial charge in [0.1, 0.15) is 17.7 Å². The molecular formula is C22H26F2N2O2. The van der Waals surface area contributed by atoms with Crippen molar-refractivity contribution < 1.29 is 18.4 Å². The molecule has 28 heavy (non-hydrogen) atoms. The van der Waals surface area contributed by atoms with Gasteiger partial charge in [-0.15, -0.1) is 0 Å². The van der Waals surface area contributed by atoms with E-state index in [4.69, 9.17) is 0 Å². The Morgan fingerprint density at radius 1 is 1.00 bits per heavy atom. The molecule has 0 fully saturated rings. The first kappa shape index (κ1) is 21.5. The monoisotopic (exact) mass is 388 g/mol. The summed E-state index contributed by atoms with van der Waals surface area (Å²) in [6.07, 6.45) is -0.00344. The lowest BCUT2D eigenvalue weighted by Gasteiger charge is -2.29. The van der Waals surface area contributed by atoms with Crippen LogP contribution in [0, 0.1) is 17.6 Å². The number of hydrogen-bond acceptors (Lipinski definition) is 2. The summed E-state index contributed by atoms with van der Waals surface area (Å²) < 4.78 is 27.2. The van der Waals surface area contributed by atoms with Gasteiger partial charge in [-0.25, -0.2) is 8.78 Å². The van der Waals surface area contributed by atoms with Crippen LogP contribution < -0.4 is 5.32 Å². The second-order valence-corrected chi connectivity index (χ2v) is 7.23. The Morgan fingerprint density at radius 3 is 2.25 bits per heavy atom. The Labute approximate surface area is 164 Å². The molecule has 0 heterocycles.